The number of ether oxygens (including phenoxy) is 1. The summed E-state index contributed by atoms with van der Waals surface area (Å²) < 4.78 is 40.1. The first-order valence-corrected chi connectivity index (χ1v) is 10.0. The number of hydrogen-bond donors (Lipinski definition) is 2. The maximum atomic E-state index is 14.3. The summed E-state index contributed by atoms with van der Waals surface area (Å²) in [6.07, 6.45) is -1.46. The average molecular weight is 444 g/mol. The summed E-state index contributed by atoms with van der Waals surface area (Å²) in [5.41, 5.74) is 2.32. The van der Waals surface area contributed by atoms with Crippen LogP contribution in [0, 0.1) is 13.8 Å². The molecular formula is C23H22F2N2O5. The summed E-state index contributed by atoms with van der Waals surface area (Å²) in [6.45, 7) is 2.29. The number of nitrogens with one attached hydrogen (secondary N) is 1. The van der Waals surface area contributed by atoms with Crippen molar-refractivity contribution < 1.29 is 32.6 Å². The molecule has 1 aliphatic rings. The van der Waals surface area contributed by atoms with Gasteiger partial charge in [-0.05, 0) is 37.1 Å². The van der Waals surface area contributed by atoms with E-state index in [1.165, 1.54) is 0 Å². The smallest absolute Gasteiger partial charge is 0.407 e. The highest BCUT2D eigenvalue weighted by Crippen LogP contribution is 2.33. The molecule has 3 aromatic rings. The Morgan fingerprint density at radius 1 is 1.25 bits per heavy atom. The quantitative estimate of drug-likeness (QED) is 0.610. The molecule has 0 radical (unpaired) electrons. The van der Waals surface area contributed by atoms with Gasteiger partial charge in [-0.25, -0.2) is 13.6 Å². The molecule has 1 aromatic heterocycles. The zero-order valence-corrected chi connectivity index (χ0v) is 17.5. The second kappa shape index (κ2) is 8.14. The van der Waals surface area contributed by atoms with Crippen LogP contribution < -0.4 is 10.1 Å². The predicted molar refractivity (Wildman–Crippen MR) is 112 cm³/mol. The van der Waals surface area contributed by atoms with Crippen LogP contribution >= 0.6 is 0 Å². The lowest BCUT2D eigenvalue weighted by Crippen LogP contribution is -2.46. The maximum absolute atomic E-state index is 14.3. The van der Waals surface area contributed by atoms with Crippen LogP contribution in [-0.2, 0) is 6.61 Å². The first-order valence-electron chi connectivity index (χ1n) is 10.0. The molecule has 1 aliphatic heterocycles. The Morgan fingerprint density at radius 2 is 1.97 bits per heavy atom. The Kier molecular flexibility index (Phi) is 5.50. The van der Waals surface area contributed by atoms with Crippen molar-refractivity contribution in [3.63, 3.8) is 0 Å². The second-order valence-electron chi connectivity index (χ2n) is 7.87. The van der Waals surface area contributed by atoms with Crippen LogP contribution in [0.25, 0.3) is 11.0 Å². The number of alkyl halides is 2. The summed E-state index contributed by atoms with van der Waals surface area (Å²) in [5.74, 6) is -3.31. The van der Waals surface area contributed by atoms with Gasteiger partial charge >= 0.3 is 6.09 Å². The number of fused-ring (bicyclic) bond motifs is 1. The molecule has 7 nitrogen and oxygen atoms in total. The zero-order chi connectivity index (χ0) is 23.0. The lowest BCUT2D eigenvalue weighted by atomic mass is 10.1. The lowest BCUT2D eigenvalue weighted by molar-refractivity contribution is -0.00884. The molecule has 1 unspecified atom stereocenters. The number of aryl methyl sites for hydroxylation is 2. The molecule has 0 bridgehead atoms. The molecule has 2 aromatic carbocycles. The van der Waals surface area contributed by atoms with E-state index in [2.05, 4.69) is 5.32 Å². The molecule has 9 heteroatoms. The van der Waals surface area contributed by atoms with Crippen LogP contribution in [0.5, 0.6) is 5.75 Å². The maximum Gasteiger partial charge on any atom is 0.407 e. The number of amides is 2. The molecule has 2 amide bonds. The van der Waals surface area contributed by atoms with Crippen molar-refractivity contribution in [3.8, 4) is 5.75 Å². The summed E-state index contributed by atoms with van der Waals surface area (Å²) in [6, 6.07) is 11.3. The fraction of sp³-hybridized carbons (Fsp3) is 0.304. The van der Waals surface area contributed by atoms with Crippen LogP contribution in [0.2, 0.25) is 0 Å². The number of furan rings is 1. The van der Waals surface area contributed by atoms with Gasteiger partial charge in [0.25, 0.3) is 11.8 Å². The highest BCUT2D eigenvalue weighted by molar-refractivity contribution is 6.07. The van der Waals surface area contributed by atoms with Crippen LogP contribution in [-0.4, -0.2) is 47.1 Å². The van der Waals surface area contributed by atoms with Crippen molar-refractivity contribution in [2.45, 2.75) is 32.4 Å². The number of likely N-dealkylation sites (tertiary alicyclic amines) is 1. The van der Waals surface area contributed by atoms with E-state index in [1.54, 1.807) is 19.1 Å². The Bertz CT molecular complexity index is 1180. The molecule has 0 spiro atoms. The van der Waals surface area contributed by atoms with Crippen molar-refractivity contribution in [1.29, 1.82) is 0 Å². The van der Waals surface area contributed by atoms with Crippen LogP contribution in [0.3, 0.4) is 0 Å². The molecule has 4 rings (SSSR count). The van der Waals surface area contributed by atoms with Crippen molar-refractivity contribution in [1.82, 2.24) is 10.2 Å². The Balaban J connectivity index is 1.60. The van der Waals surface area contributed by atoms with Crippen molar-refractivity contribution in [2.24, 2.45) is 0 Å². The zero-order valence-electron chi connectivity index (χ0n) is 17.5. The van der Waals surface area contributed by atoms with Crippen LogP contribution in [0.4, 0.5) is 13.6 Å². The van der Waals surface area contributed by atoms with Gasteiger partial charge in [-0.1, -0.05) is 30.3 Å². The fourth-order valence-electron chi connectivity index (χ4n) is 3.83. The second-order valence-corrected chi connectivity index (χ2v) is 7.87. The Morgan fingerprint density at radius 3 is 2.62 bits per heavy atom. The van der Waals surface area contributed by atoms with E-state index in [9.17, 15) is 18.4 Å². The number of halogens is 2. The number of hydrogen-bond acceptors (Lipinski definition) is 4. The van der Waals surface area contributed by atoms with Gasteiger partial charge in [-0.3, -0.25) is 9.69 Å². The van der Waals surface area contributed by atoms with E-state index in [0.29, 0.717) is 28.2 Å². The standard InChI is InChI=1S/C23H22F2N2O5/c1-13-8-18-16(9-17(13)31-11-15-6-4-3-5-7-15)20(14(2)32-18)21(28)26-19-10-27(22(29)30)12-23(19,24)25/h3-9,19H,10-12H2,1-2H3,(H,26,28)(H,29,30). The molecule has 1 fully saturated rings. The van der Waals surface area contributed by atoms with Gasteiger partial charge in [-0.15, -0.1) is 0 Å². The van der Waals surface area contributed by atoms with Gasteiger partial charge in [0.1, 0.15) is 29.7 Å². The van der Waals surface area contributed by atoms with Gasteiger partial charge in [0.2, 0.25) is 0 Å². The molecule has 1 saturated heterocycles. The topological polar surface area (TPSA) is 92.0 Å². The number of benzene rings is 2. The van der Waals surface area contributed by atoms with Crippen LogP contribution in [0.1, 0.15) is 27.2 Å². The van der Waals surface area contributed by atoms with Gasteiger partial charge in [-0.2, -0.15) is 0 Å². The third-order valence-electron chi connectivity index (χ3n) is 5.52. The predicted octanol–water partition coefficient (Wildman–Crippen LogP) is 4.36. The van der Waals surface area contributed by atoms with E-state index < -0.39 is 37.1 Å². The van der Waals surface area contributed by atoms with E-state index in [-0.39, 0.29) is 11.3 Å². The van der Waals surface area contributed by atoms with E-state index in [0.717, 1.165) is 11.1 Å². The van der Waals surface area contributed by atoms with Gasteiger partial charge < -0.3 is 19.6 Å². The minimum atomic E-state index is -3.37. The molecule has 0 aliphatic carbocycles. The van der Waals surface area contributed by atoms with Crippen molar-refractivity contribution >= 4 is 23.0 Å². The van der Waals surface area contributed by atoms with Gasteiger partial charge in [0, 0.05) is 5.39 Å². The number of nitrogens with zero attached hydrogens (tertiary/aromatic N) is 1. The highest BCUT2D eigenvalue weighted by atomic mass is 19.3. The van der Waals surface area contributed by atoms with Gasteiger partial charge in [0.15, 0.2) is 0 Å². The molecule has 168 valence electrons. The lowest BCUT2D eigenvalue weighted by Gasteiger charge is -2.18. The normalized spacial score (nSPS) is 17.5. The molecule has 2 N–H and O–H groups in total. The molecular weight excluding hydrogens is 422 g/mol. The van der Waals surface area contributed by atoms with E-state index >= 15 is 0 Å². The SMILES string of the molecule is Cc1cc2oc(C)c(C(=O)NC3CN(C(=O)O)CC3(F)F)c2cc1OCc1ccccc1. The summed E-state index contributed by atoms with van der Waals surface area (Å²) in [7, 11) is 0. The minimum Gasteiger partial charge on any atom is -0.489 e. The third kappa shape index (κ3) is 4.10. The van der Waals surface area contributed by atoms with Crippen LogP contribution in [0.15, 0.2) is 46.9 Å². The highest BCUT2D eigenvalue weighted by Gasteiger charge is 2.50. The van der Waals surface area contributed by atoms with E-state index in [1.807, 2.05) is 37.3 Å². The van der Waals surface area contributed by atoms with Crippen molar-refractivity contribution in [2.75, 3.05) is 13.1 Å². The Hall–Kier alpha value is -3.62. The first-order chi connectivity index (χ1) is 15.2. The largest absolute Gasteiger partial charge is 0.489 e. The monoisotopic (exact) mass is 444 g/mol. The van der Waals surface area contributed by atoms with E-state index in [4.69, 9.17) is 14.3 Å². The number of carbonyl (C=O) groups is 2. The summed E-state index contributed by atoms with van der Waals surface area (Å²) in [4.78, 5) is 24.6. The third-order valence-corrected chi connectivity index (χ3v) is 5.52. The first kappa shape index (κ1) is 21.6. The fourth-order valence-corrected chi connectivity index (χ4v) is 3.83. The van der Waals surface area contributed by atoms with Gasteiger partial charge in [0.05, 0.1) is 18.7 Å². The summed E-state index contributed by atoms with van der Waals surface area (Å²) >= 11 is 0. The molecule has 32 heavy (non-hydrogen) atoms. The molecule has 1 atom stereocenters. The molecule has 0 saturated carbocycles. The Labute approximate surface area is 182 Å². The molecule has 2 heterocycles. The minimum absolute atomic E-state index is 0.120. The number of carbonyl (C=O) groups excluding carboxylic acids is 1. The summed E-state index contributed by atoms with van der Waals surface area (Å²) in [5, 5.41) is 11.7. The number of rotatable bonds is 5. The average Bonchev–Trinajstić information content (AvgIpc) is 3.21. The number of carboxylic acid groups (broad SMARTS) is 1. The van der Waals surface area contributed by atoms with Crippen molar-refractivity contribution in [3.05, 3.63) is 64.9 Å².